The molecule has 2 rings (SSSR count). The third-order valence-electron chi connectivity index (χ3n) is 4.05. The number of hydrogen-bond donors (Lipinski definition) is 1. The van der Waals surface area contributed by atoms with E-state index in [1.807, 2.05) is 32.0 Å². The van der Waals surface area contributed by atoms with Gasteiger partial charge in [0.2, 0.25) is 0 Å². The van der Waals surface area contributed by atoms with Crippen LogP contribution >= 0.6 is 0 Å². The summed E-state index contributed by atoms with van der Waals surface area (Å²) in [5.74, 6) is -1.08. The number of carboxylic acids is 1. The maximum absolute atomic E-state index is 11.5. The van der Waals surface area contributed by atoms with Gasteiger partial charge in [-0.25, -0.2) is 0 Å². The van der Waals surface area contributed by atoms with Gasteiger partial charge in [-0.15, -0.1) is 0 Å². The molecule has 2 unspecified atom stereocenters. The molecule has 1 N–H and O–H groups in total. The lowest BCUT2D eigenvalue weighted by Gasteiger charge is -2.27. The van der Waals surface area contributed by atoms with Gasteiger partial charge in [0.05, 0.1) is 12.5 Å². The largest absolute Gasteiger partial charge is 0.481 e. The maximum atomic E-state index is 11.5. The minimum atomic E-state index is -0.720. The van der Waals surface area contributed by atoms with Crippen molar-refractivity contribution in [1.29, 1.82) is 0 Å². The third-order valence-corrected chi connectivity index (χ3v) is 4.05. The van der Waals surface area contributed by atoms with Crippen molar-refractivity contribution in [3.05, 3.63) is 35.9 Å². The molecular formula is C16H23NO3. The molecule has 0 spiro atoms. The Hall–Kier alpha value is -1.39. The van der Waals surface area contributed by atoms with Crippen molar-refractivity contribution in [2.75, 3.05) is 26.3 Å². The quantitative estimate of drug-likeness (QED) is 0.866. The topological polar surface area (TPSA) is 49.8 Å². The molecule has 4 heteroatoms. The van der Waals surface area contributed by atoms with E-state index in [9.17, 15) is 9.90 Å². The second-order valence-corrected chi connectivity index (χ2v) is 5.84. The number of rotatable bonds is 6. The first kappa shape index (κ1) is 15.0. The molecule has 20 heavy (non-hydrogen) atoms. The average Bonchev–Trinajstić information content (AvgIpc) is 2.75. The zero-order chi connectivity index (χ0) is 14.6. The Morgan fingerprint density at radius 1 is 1.45 bits per heavy atom. The number of likely N-dealkylation sites (tertiary alicyclic amines) is 1. The molecule has 1 heterocycles. The van der Waals surface area contributed by atoms with E-state index in [2.05, 4.69) is 17.0 Å². The summed E-state index contributed by atoms with van der Waals surface area (Å²) < 4.78 is 5.51. The van der Waals surface area contributed by atoms with Crippen molar-refractivity contribution in [3.8, 4) is 0 Å². The Bertz CT molecular complexity index is 448. The molecular weight excluding hydrogens is 254 g/mol. The first-order valence-corrected chi connectivity index (χ1v) is 7.12. The zero-order valence-corrected chi connectivity index (χ0v) is 12.2. The molecule has 1 aliphatic rings. The van der Waals surface area contributed by atoms with Crippen LogP contribution in [0.3, 0.4) is 0 Å². The zero-order valence-electron chi connectivity index (χ0n) is 12.2. The summed E-state index contributed by atoms with van der Waals surface area (Å²) in [6, 6.07) is 10.2. The SMILES string of the molecule is CCOCC1(C)CN(Cc2ccccc2)CC1C(=O)O. The van der Waals surface area contributed by atoms with Crippen LogP contribution in [0.4, 0.5) is 0 Å². The number of aliphatic carboxylic acids is 1. The fraction of sp³-hybridized carbons (Fsp3) is 0.562. The highest BCUT2D eigenvalue weighted by Gasteiger charge is 2.47. The van der Waals surface area contributed by atoms with Gasteiger partial charge in [-0.3, -0.25) is 9.69 Å². The van der Waals surface area contributed by atoms with Gasteiger partial charge in [0.15, 0.2) is 0 Å². The van der Waals surface area contributed by atoms with Gasteiger partial charge in [0.1, 0.15) is 0 Å². The van der Waals surface area contributed by atoms with Gasteiger partial charge in [0.25, 0.3) is 0 Å². The van der Waals surface area contributed by atoms with Crippen molar-refractivity contribution in [2.24, 2.45) is 11.3 Å². The summed E-state index contributed by atoms with van der Waals surface area (Å²) in [5.41, 5.74) is 0.911. The van der Waals surface area contributed by atoms with Crippen molar-refractivity contribution in [3.63, 3.8) is 0 Å². The van der Waals surface area contributed by atoms with Gasteiger partial charge < -0.3 is 9.84 Å². The summed E-state index contributed by atoms with van der Waals surface area (Å²) in [7, 11) is 0. The second-order valence-electron chi connectivity index (χ2n) is 5.84. The van der Waals surface area contributed by atoms with E-state index in [1.54, 1.807) is 0 Å². The molecule has 110 valence electrons. The van der Waals surface area contributed by atoms with Crippen LogP contribution in [0.1, 0.15) is 19.4 Å². The number of hydrogen-bond acceptors (Lipinski definition) is 3. The number of carbonyl (C=O) groups is 1. The molecule has 0 saturated carbocycles. The lowest BCUT2D eigenvalue weighted by molar-refractivity contribution is -0.145. The van der Waals surface area contributed by atoms with Crippen molar-refractivity contribution >= 4 is 5.97 Å². The van der Waals surface area contributed by atoms with Gasteiger partial charge in [-0.1, -0.05) is 37.3 Å². The number of nitrogens with zero attached hydrogens (tertiary/aromatic N) is 1. The summed E-state index contributed by atoms with van der Waals surface area (Å²) in [6.45, 7) is 7.24. The van der Waals surface area contributed by atoms with Crippen LogP contribution in [-0.4, -0.2) is 42.3 Å². The van der Waals surface area contributed by atoms with Gasteiger partial charge in [-0.2, -0.15) is 0 Å². The standard InChI is InChI=1S/C16H23NO3/c1-3-20-12-16(2)11-17(10-14(16)15(18)19)9-13-7-5-4-6-8-13/h4-8,14H,3,9-12H2,1-2H3,(H,18,19). The third kappa shape index (κ3) is 3.38. The highest BCUT2D eigenvalue weighted by molar-refractivity contribution is 5.72. The average molecular weight is 277 g/mol. The predicted molar refractivity (Wildman–Crippen MR) is 77.4 cm³/mol. The van der Waals surface area contributed by atoms with Crippen molar-refractivity contribution in [1.82, 2.24) is 4.90 Å². The van der Waals surface area contributed by atoms with E-state index < -0.39 is 5.97 Å². The second kappa shape index (κ2) is 6.37. The lowest BCUT2D eigenvalue weighted by Crippen LogP contribution is -2.36. The minimum absolute atomic E-state index is 0.309. The van der Waals surface area contributed by atoms with Gasteiger partial charge >= 0.3 is 5.97 Å². The molecule has 0 radical (unpaired) electrons. The maximum Gasteiger partial charge on any atom is 0.308 e. The van der Waals surface area contributed by atoms with Crippen molar-refractivity contribution in [2.45, 2.75) is 20.4 Å². The molecule has 1 aliphatic heterocycles. The van der Waals surface area contributed by atoms with Crippen LogP contribution in [0, 0.1) is 11.3 Å². The van der Waals surface area contributed by atoms with E-state index in [-0.39, 0.29) is 11.3 Å². The summed E-state index contributed by atoms with van der Waals surface area (Å²) in [5, 5.41) is 9.45. The van der Waals surface area contributed by atoms with Crippen LogP contribution in [0.15, 0.2) is 30.3 Å². The number of ether oxygens (including phenoxy) is 1. The molecule has 1 aromatic rings. The molecule has 0 aliphatic carbocycles. The van der Waals surface area contributed by atoms with Crippen LogP contribution in [0.5, 0.6) is 0 Å². The lowest BCUT2D eigenvalue weighted by atomic mass is 9.81. The number of benzene rings is 1. The first-order valence-electron chi connectivity index (χ1n) is 7.12. The van der Waals surface area contributed by atoms with Gasteiger partial charge in [-0.05, 0) is 12.5 Å². The summed E-state index contributed by atoms with van der Waals surface area (Å²) >= 11 is 0. The highest BCUT2D eigenvalue weighted by Crippen LogP contribution is 2.37. The van der Waals surface area contributed by atoms with Crippen LogP contribution < -0.4 is 0 Å². The normalized spacial score (nSPS) is 26.8. The van der Waals surface area contributed by atoms with E-state index >= 15 is 0 Å². The molecule has 2 atom stereocenters. The summed E-state index contributed by atoms with van der Waals surface area (Å²) in [4.78, 5) is 13.7. The molecule has 1 saturated heterocycles. The molecule has 0 bridgehead atoms. The Labute approximate surface area is 120 Å². The number of carboxylic acid groups (broad SMARTS) is 1. The molecule has 0 aromatic heterocycles. The van der Waals surface area contributed by atoms with E-state index in [1.165, 1.54) is 5.56 Å². The molecule has 1 fully saturated rings. The Kier molecular flexibility index (Phi) is 4.78. The van der Waals surface area contributed by atoms with E-state index in [4.69, 9.17) is 4.74 Å². The molecule has 0 amide bonds. The molecule has 4 nitrogen and oxygen atoms in total. The van der Waals surface area contributed by atoms with Gasteiger partial charge in [0, 0.05) is 31.7 Å². The fourth-order valence-corrected chi connectivity index (χ4v) is 2.98. The highest BCUT2D eigenvalue weighted by atomic mass is 16.5. The van der Waals surface area contributed by atoms with Crippen LogP contribution in [-0.2, 0) is 16.1 Å². The minimum Gasteiger partial charge on any atom is -0.481 e. The Balaban J connectivity index is 2.06. The summed E-state index contributed by atoms with van der Waals surface area (Å²) in [6.07, 6.45) is 0. The Morgan fingerprint density at radius 3 is 2.75 bits per heavy atom. The van der Waals surface area contributed by atoms with Crippen molar-refractivity contribution < 1.29 is 14.6 Å². The van der Waals surface area contributed by atoms with Crippen LogP contribution in [0.25, 0.3) is 0 Å². The Morgan fingerprint density at radius 2 is 2.15 bits per heavy atom. The van der Waals surface area contributed by atoms with E-state index in [0.29, 0.717) is 19.8 Å². The fourth-order valence-electron chi connectivity index (χ4n) is 2.98. The monoisotopic (exact) mass is 277 g/mol. The molecule has 1 aromatic carbocycles. The van der Waals surface area contributed by atoms with E-state index in [0.717, 1.165) is 13.1 Å². The predicted octanol–water partition coefficient (Wildman–Crippen LogP) is 2.25. The first-order chi connectivity index (χ1) is 9.55. The van der Waals surface area contributed by atoms with Crippen LogP contribution in [0.2, 0.25) is 0 Å². The smallest absolute Gasteiger partial charge is 0.308 e.